The second-order valence-electron chi connectivity index (χ2n) is 5.40. The maximum Gasteiger partial charge on any atom is 0.280 e. The molecule has 21 heavy (non-hydrogen) atoms. The van der Waals surface area contributed by atoms with E-state index in [1.807, 2.05) is 20.2 Å². The summed E-state index contributed by atoms with van der Waals surface area (Å²) >= 11 is 0. The van der Waals surface area contributed by atoms with Crippen LogP contribution in [0.25, 0.3) is 0 Å². The molecule has 0 saturated carbocycles. The first kappa shape index (κ1) is 16.4. The Labute approximate surface area is 126 Å². The summed E-state index contributed by atoms with van der Waals surface area (Å²) in [6.07, 6.45) is 5.11. The Kier molecular flexibility index (Phi) is 5.37. The van der Waals surface area contributed by atoms with Crippen LogP contribution in [0.4, 0.5) is 0 Å². The van der Waals surface area contributed by atoms with E-state index in [4.69, 9.17) is 0 Å². The van der Waals surface area contributed by atoms with E-state index in [9.17, 15) is 13.5 Å². The van der Waals surface area contributed by atoms with Crippen LogP contribution in [0.1, 0.15) is 37.4 Å². The van der Waals surface area contributed by atoms with E-state index in [0.717, 1.165) is 30.5 Å². The van der Waals surface area contributed by atoms with Gasteiger partial charge < -0.3 is 5.11 Å². The van der Waals surface area contributed by atoms with Crippen LogP contribution in [-0.4, -0.2) is 46.8 Å². The molecule has 2 heterocycles. The summed E-state index contributed by atoms with van der Waals surface area (Å²) in [5.41, 5.74) is 1.79. The third kappa shape index (κ3) is 3.82. The van der Waals surface area contributed by atoms with E-state index in [-0.39, 0.29) is 19.2 Å². The maximum atomic E-state index is 12.4. The average Bonchev–Trinajstić information content (AvgIpc) is 2.85. The Morgan fingerprint density at radius 2 is 2.24 bits per heavy atom. The van der Waals surface area contributed by atoms with Gasteiger partial charge in [0, 0.05) is 37.9 Å². The van der Waals surface area contributed by atoms with Gasteiger partial charge in [0.05, 0.1) is 12.3 Å². The van der Waals surface area contributed by atoms with Crippen LogP contribution in [0.3, 0.4) is 0 Å². The minimum absolute atomic E-state index is 0.131. The van der Waals surface area contributed by atoms with E-state index < -0.39 is 10.2 Å². The topological polar surface area (TPSA) is 87.5 Å². The van der Waals surface area contributed by atoms with Crippen LogP contribution in [0.2, 0.25) is 0 Å². The predicted octanol–water partition coefficient (Wildman–Crippen LogP) is 0.164. The lowest BCUT2D eigenvalue weighted by Crippen LogP contribution is -2.50. The molecule has 0 bridgehead atoms. The van der Waals surface area contributed by atoms with Crippen LogP contribution in [0.15, 0.2) is 6.20 Å². The molecule has 2 N–H and O–H groups in total. The van der Waals surface area contributed by atoms with Gasteiger partial charge in [-0.1, -0.05) is 13.3 Å². The lowest BCUT2D eigenvalue weighted by atomic mass is 10.1. The molecule has 0 amide bonds. The van der Waals surface area contributed by atoms with Gasteiger partial charge in [0.1, 0.15) is 0 Å². The Balaban J connectivity index is 2.06. The lowest BCUT2D eigenvalue weighted by Gasteiger charge is -2.33. The summed E-state index contributed by atoms with van der Waals surface area (Å²) in [5, 5.41) is 13.6. The monoisotopic (exact) mass is 316 g/mol. The summed E-state index contributed by atoms with van der Waals surface area (Å²) in [4.78, 5) is 0. The number of hydrogen-bond donors (Lipinski definition) is 2. The van der Waals surface area contributed by atoms with Crippen LogP contribution < -0.4 is 4.72 Å². The number of piperidine rings is 1. The van der Waals surface area contributed by atoms with Gasteiger partial charge in [-0.2, -0.15) is 22.5 Å². The minimum atomic E-state index is -3.57. The molecule has 0 radical (unpaired) electrons. The highest BCUT2D eigenvalue weighted by Gasteiger charge is 2.31. The molecule has 1 atom stereocenters. The molecule has 1 fully saturated rings. The fourth-order valence-corrected chi connectivity index (χ4v) is 4.19. The molecular formula is C13H24N4O3S. The predicted molar refractivity (Wildman–Crippen MR) is 79.8 cm³/mol. The zero-order valence-corrected chi connectivity index (χ0v) is 13.4. The number of hydrogen-bond acceptors (Lipinski definition) is 4. The molecule has 120 valence electrons. The highest BCUT2D eigenvalue weighted by Crippen LogP contribution is 2.19. The molecule has 2 rings (SSSR count). The van der Waals surface area contributed by atoms with Crippen molar-refractivity contribution in [2.24, 2.45) is 7.05 Å². The Hall–Kier alpha value is -0.960. The van der Waals surface area contributed by atoms with Gasteiger partial charge in [0.2, 0.25) is 0 Å². The zero-order chi connectivity index (χ0) is 15.5. The first-order valence-electron chi connectivity index (χ1n) is 7.36. The summed E-state index contributed by atoms with van der Waals surface area (Å²) in [6, 6.07) is -0.309. The van der Waals surface area contributed by atoms with E-state index in [2.05, 4.69) is 9.82 Å². The number of aryl methyl sites for hydroxylation is 2. The maximum absolute atomic E-state index is 12.4. The van der Waals surface area contributed by atoms with Gasteiger partial charge >= 0.3 is 0 Å². The number of nitrogens with zero attached hydrogens (tertiary/aromatic N) is 3. The van der Waals surface area contributed by atoms with Crippen LogP contribution in [0.5, 0.6) is 0 Å². The second kappa shape index (κ2) is 6.87. The van der Waals surface area contributed by atoms with E-state index >= 15 is 0 Å². The highest BCUT2D eigenvalue weighted by atomic mass is 32.2. The van der Waals surface area contributed by atoms with Gasteiger partial charge in [-0.3, -0.25) is 4.68 Å². The highest BCUT2D eigenvalue weighted by molar-refractivity contribution is 7.87. The van der Waals surface area contributed by atoms with Gasteiger partial charge in [0.15, 0.2) is 0 Å². The number of aliphatic hydroxyl groups excluding tert-OH is 1. The molecule has 0 aliphatic carbocycles. The third-order valence-electron chi connectivity index (χ3n) is 3.86. The zero-order valence-electron chi connectivity index (χ0n) is 12.6. The quantitative estimate of drug-likeness (QED) is 0.783. The van der Waals surface area contributed by atoms with Gasteiger partial charge in [-0.05, 0) is 19.3 Å². The summed E-state index contributed by atoms with van der Waals surface area (Å²) in [5.74, 6) is 0. The molecule has 1 unspecified atom stereocenters. The third-order valence-corrected chi connectivity index (χ3v) is 5.47. The van der Waals surface area contributed by atoms with Crippen molar-refractivity contribution in [2.45, 2.75) is 45.2 Å². The SMILES string of the molecule is CCc1nn(C)cc1CNS(=O)(=O)N1CCCCC1CO. The van der Waals surface area contributed by atoms with Crippen molar-refractivity contribution in [1.29, 1.82) is 0 Å². The van der Waals surface area contributed by atoms with Crippen molar-refractivity contribution in [3.63, 3.8) is 0 Å². The largest absolute Gasteiger partial charge is 0.395 e. The average molecular weight is 316 g/mol. The molecule has 0 aromatic carbocycles. The van der Waals surface area contributed by atoms with Crippen LogP contribution in [-0.2, 0) is 30.2 Å². The lowest BCUT2D eigenvalue weighted by molar-refractivity contribution is 0.154. The first-order valence-corrected chi connectivity index (χ1v) is 8.80. The molecule has 0 spiro atoms. The van der Waals surface area contributed by atoms with Crippen molar-refractivity contribution in [3.8, 4) is 0 Å². The van der Waals surface area contributed by atoms with Crippen molar-refractivity contribution >= 4 is 10.2 Å². The van der Waals surface area contributed by atoms with Crippen molar-refractivity contribution in [3.05, 3.63) is 17.5 Å². The molecule has 7 nitrogen and oxygen atoms in total. The number of aromatic nitrogens is 2. The normalized spacial score (nSPS) is 20.8. The molecule has 1 aromatic heterocycles. The minimum Gasteiger partial charge on any atom is -0.395 e. The fraction of sp³-hybridized carbons (Fsp3) is 0.769. The van der Waals surface area contributed by atoms with Crippen molar-refractivity contribution in [2.75, 3.05) is 13.2 Å². The summed E-state index contributed by atoms with van der Waals surface area (Å²) < 4.78 is 30.5. The van der Waals surface area contributed by atoms with Crippen LogP contribution in [0, 0.1) is 0 Å². The number of nitrogens with one attached hydrogen (secondary N) is 1. The molecule has 8 heteroatoms. The molecule has 1 aromatic rings. The smallest absolute Gasteiger partial charge is 0.280 e. The van der Waals surface area contributed by atoms with Gasteiger partial charge in [-0.15, -0.1) is 0 Å². The molecular weight excluding hydrogens is 292 g/mol. The number of rotatable bonds is 6. The molecule has 1 aliphatic rings. The van der Waals surface area contributed by atoms with E-state index in [1.165, 1.54) is 4.31 Å². The standard InChI is InChI=1S/C13H24N4O3S/c1-3-13-11(9-16(2)15-13)8-14-21(19,20)17-7-5-4-6-12(17)10-18/h9,12,14,18H,3-8,10H2,1-2H3. The fourth-order valence-electron chi connectivity index (χ4n) is 2.75. The summed E-state index contributed by atoms with van der Waals surface area (Å²) in [7, 11) is -1.75. The molecule has 1 saturated heterocycles. The van der Waals surface area contributed by atoms with E-state index in [1.54, 1.807) is 4.68 Å². The Morgan fingerprint density at radius 1 is 1.48 bits per heavy atom. The summed E-state index contributed by atoms with van der Waals surface area (Å²) in [6.45, 7) is 2.56. The van der Waals surface area contributed by atoms with Gasteiger partial charge in [0.25, 0.3) is 10.2 Å². The Bertz CT molecular complexity index is 570. The van der Waals surface area contributed by atoms with E-state index in [0.29, 0.717) is 13.0 Å². The first-order chi connectivity index (χ1) is 9.97. The number of aliphatic hydroxyl groups is 1. The van der Waals surface area contributed by atoms with Gasteiger partial charge in [-0.25, -0.2) is 0 Å². The van der Waals surface area contributed by atoms with Crippen LogP contribution >= 0.6 is 0 Å². The van der Waals surface area contributed by atoms with Crippen molar-refractivity contribution in [1.82, 2.24) is 18.8 Å². The second-order valence-corrected chi connectivity index (χ2v) is 7.11. The van der Waals surface area contributed by atoms with Crippen molar-refractivity contribution < 1.29 is 13.5 Å². The molecule has 1 aliphatic heterocycles. The Morgan fingerprint density at radius 3 is 2.90 bits per heavy atom.